The first kappa shape index (κ1) is 20.0. The van der Waals surface area contributed by atoms with Crippen LogP contribution in [0.3, 0.4) is 0 Å². The van der Waals surface area contributed by atoms with Gasteiger partial charge in [0.25, 0.3) is 5.91 Å². The number of hydrogen-bond acceptors (Lipinski definition) is 5. The molecule has 3 aromatic carbocycles. The Hall–Kier alpha value is -2.96. The summed E-state index contributed by atoms with van der Waals surface area (Å²) in [5, 5.41) is 1.73. The molecular weight excluding hydrogens is 422 g/mol. The van der Waals surface area contributed by atoms with Crippen molar-refractivity contribution < 1.29 is 4.79 Å². The molecule has 4 nitrogen and oxygen atoms in total. The van der Waals surface area contributed by atoms with Gasteiger partial charge in [0.2, 0.25) is 0 Å². The summed E-state index contributed by atoms with van der Waals surface area (Å²) in [7, 11) is 2.02. The molecule has 0 radical (unpaired) electrons. The predicted octanol–water partition coefficient (Wildman–Crippen LogP) is 5.73. The summed E-state index contributed by atoms with van der Waals surface area (Å²) in [5.41, 5.74) is 3.35. The molecular formula is C25H21N3OS2. The number of anilines is 1. The van der Waals surface area contributed by atoms with E-state index in [1.165, 1.54) is 16.7 Å². The zero-order valence-electron chi connectivity index (χ0n) is 17.1. The summed E-state index contributed by atoms with van der Waals surface area (Å²) >= 11 is 3.13. The lowest BCUT2D eigenvalue weighted by atomic mass is 10.2. The molecule has 2 aliphatic rings. The minimum atomic E-state index is 0.0165. The molecule has 5 rings (SSSR count). The van der Waals surface area contributed by atoms with Gasteiger partial charge in [-0.25, -0.2) is 0 Å². The number of amides is 1. The van der Waals surface area contributed by atoms with Crippen molar-refractivity contribution in [2.75, 3.05) is 11.9 Å². The maximum Gasteiger partial charge on any atom is 0.269 e. The smallest absolute Gasteiger partial charge is 0.269 e. The highest BCUT2D eigenvalue weighted by Crippen LogP contribution is 2.49. The Labute approximate surface area is 190 Å². The summed E-state index contributed by atoms with van der Waals surface area (Å²) < 4.78 is 0. The lowest BCUT2D eigenvalue weighted by Crippen LogP contribution is -2.29. The monoisotopic (exact) mass is 443 g/mol. The number of benzene rings is 3. The van der Waals surface area contributed by atoms with Crippen molar-refractivity contribution in [2.45, 2.75) is 18.0 Å². The average Bonchev–Trinajstić information content (AvgIpc) is 3.31. The van der Waals surface area contributed by atoms with Gasteiger partial charge in [-0.3, -0.25) is 14.7 Å². The number of nitrogens with zero attached hydrogens (tertiary/aromatic N) is 3. The van der Waals surface area contributed by atoms with Crippen LogP contribution in [0, 0.1) is 0 Å². The van der Waals surface area contributed by atoms with Crippen LogP contribution in [0.2, 0.25) is 0 Å². The van der Waals surface area contributed by atoms with Crippen molar-refractivity contribution in [3.05, 3.63) is 106 Å². The summed E-state index contributed by atoms with van der Waals surface area (Å²) in [4.78, 5) is 24.2. The molecule has 31 heavy (non-hydrogen) atoms. The molecule has 6 heteroatoms. The van der Waals surface area contributed by atoms with E-state index in [-0.39, 0.29) is 5.91 Å². The van der Waals surface area contributed by atoms with Crippen molar-refractivity contribution in [2.24, 2.45) is 4.99 Å². The molecule has 0 bridgehead atoms. The number of para-hydroxylation sites is 1. The predicted molar refractivity (Wildman–Crippen MR) is 130 cm³/mol. The van der Waals surface area contributed by atoms with Crippen LogP contribution >= 0.6 is 23.5 Å². The second-order valence-electron chi connectivity index (χ2n) is 7.33. The summed E-state index contributed by atoms with van der Waals surface area (Å²) in [6.45, 7) is 1.06. The number of carbonyl (C=O) groups excluding carboxylic acids is 1. The number of aliphatic imine (C=N–C) groups is 1. The fourth-order valence-corrected chi connectivity index (χ4v) is 5.92. The first-order valence-electron chi connectivity index (χ1n) is 10.1. The van der Waals surface area contributed by atoms with Gasteiger partial charge in [-0.2, -0.15) is 0 Å². The highest BCUT2D eigenvalue weighted by molar-refractivity contribution is 8.19. The highest BCUT2D eigenvalue weighted by Gasteiger charge is 2.38. The summed E-state index contributed by atoms with van der Waals surface area (Å²) in [5.74, 6) is 0.0165. The molecule has 2 heterocycles. The Balaban J connectivity index is 1.49. The third-order valence-corrected chi connectivity index (χ3v) is 7.69. The molecule has 3 aromatic rings. The van der Waals surface area contributed by atoms with Crippen molar-refractivity contribution in [1.82, 2.24) is 4.90 Å². The fourth-order valence-electron chi connectivity index (χ4n) is 3.60. The average molecular weight is 444 g/mol. The first-order valence-corrected chi connectivity index (χ1v) is 11.7. The number of thioether (sulfide) groups is 2. The van der Waals surface area contributed by atoms with Gasteiger partial charge in [-0.15, -0.1) is 0 Å². The van der Waals surface area contributed by atoms with Crippen LogP contribution in [-0.4, -0.2) is 23.0 Å². The number of hydrogen-bond donors (Lipinski definition) is 0. The quantitative estimate of drug-likeness (QED) is 0.483. The Morgan fingerprint density at radius 2 is 1.45 bits per heavy atom. The lowest BCUT2D eigenvalue weighted by Gasteiger charge is -2.17. The lowest BCUT2D eigenvalue weighted by molar-refractivity contribution is -0.122. The molecule has 154 valence electrons. The zero-order valence-corrected chi connectivity index (χ0v) is 18.7. The molecule has 0 spiro atoms. The summed E-state index contributed by atoms with van der Waals surface area (Å²) in [6, 6.07) is 28.5. The van der Waals surface area contributed by atoms with Gasteiger partial charge in [0.05, 0.1) is 23.8 Å². The second-order valence-corrected chi connectivity index (χ2v) is 9.33. The van der Waals surface area contributed by atoms with Crippen LogP contribution in [0.15, 0.2) is 105 Å². The van der Waals surface area contributed by atoms with Crippen LogP contribution < -0.4 is 4.90 Å². The third kappa shape index (κ3) is 4.01. The van der Waals surface area contributed by atoms with Crippen LogP contribution in [0.5, 0.6) is 0 Å². The minimum absolute atomic E-state index is 0.0165. The van der Waals surface area contributed by atoms with E-state index in [4.69, 9.17) is 4.99 Å². The van der Waals surface area contributed by atoms with E-state index in [2.05, 4.69) is 29.2 Å². The zero-order chi connectivity index (χ0) is 21.2. The summed E-state index contributed by atoms with van der Waals surface area (Å²) in [6.07, 6.45) is 0. The topological polar surface area (TPSA) is 35.9 Å². The Bertz CT molecular complexity index is 1180. The number of rotatable bonds is 4. The molecule has 0 unspecified atom stereocenters. The minimum Gasteiger partial charge on any atom is -0.337 e. The maximum absolute atomic E-state index is 13.5. The van der Waals surface area contributed by atoms with Gasteiger partial charge < -0.3 is 4.90 Å². The molecule has 0 aliphatic carbocycles. The highest BCUT2D eigenvalue weighted by atomic mass is 32.2. The van der Waals surface area contributed by atoms with E-state index in [1.807, 2.05) is 72.6 Å². The Kier molecular flexibility index (Phi) is 5.57. The van der Waals surface area contributed by atoms with Crippen LogP contribution in [-0.2, 0) is 17.9 Å². The van der Waals surface area contributed by atoms with E-state index < -0.39 is 0 Å². The molecule has 0 N–H and O–H groups in total. The third-order valence-electron chi connectivity index (χ3n) is 5.22. The van der Waals surface area contributed by atoms with Crippen LogP contribution in [0.1, 0.15) is 11.1 Å². The van der Waals surface area contributed by atoms with Crippen LogP contribution in [0.4, 0.5) is 5.69 Å². The Morgan fingerprint density at radius 1 is 0.806 bits per heavy atom. The maximum atomic E-state index is 13.5. The molecule has 1 saturated heterocycles. The number of carbonyl (C=O) groups is 1. The van der Waals surface area contributed by atoms with E-state index in [9.17, 15) is 4.79 Å². The number of fused-ring (bicyclic) bond motifs is 1. The van der Waals surface area contributed by atoms with E-state index in [0.717, 1.165) is 31.9 Å². The van der Waals surface area contributed by atoms with E-state index in [1.54, 1.807) is 11.8 Å². The first-order chi connectivity index (χ1) is 15.2. The van der Waals surface area contributed by atoms with Gasteiger partial charge in [-0.05, 0) is 35.0 Å². The molecule has 1 amide bonds. The van der Waals surface area contributed by atoms with Gasteiger partial charge in [0.15, 0.2) is 5.17 Å². The van der Waals surface area contributed by atoms with Gasteiger partial charge in [0.1, 0.15) is 4.91 Å². The van der Waals surface area contributed by atoms with Crippen molar-refractivity contribution in [3.8, 4) is 0 Å². The van der Waals surface area contributed by atoms with Gasteiger partial charge in [-0.1, -0.05) is 84.6 Å². The molecule has 0 aromatic heterocycles. The number of amidine groups is 1. The van der Waals surface area contributed by atoms with Crippen molar-refractivity contribution in [1.29, 1.82) is 0 Å². The molecule has 1 fully saturated rings. The SMILES string of the molecule is CN1/C(=C2/S/C(=N\Cc3ccccc3)N(Cc3ccccc3)C2=O)Sc2ccccc21. The molecule has 0 atom stereocenters. The van der Waals surface area contributed by atoms with Crippen LogP contribution in [0.25, 0.3) is 0 Å². The standard InChI is InChI=1S/C25H21N3OS2/c1-27-20-14-8-9-15-21(20)30-24(27)22-23(29)28(17-19-12-6-3-7-13-19)25(31-22)26-16-18-10-4-2-5-11-18/h2-15H,16-17H2,1H3/b24-22-,26-25-. The van der Waals surface area contributed by atoms with E-state index in [0.29, 0.717) is 13.1 Å². The fraction of sp³-hybridized carbons (Fsp3) is 0.120. The normalized spacial score (nSPS) is 19.4. The molecule has 0 saturated carbocycles. The Morgan fingerprint density at radius 3 is 2.16 bits per heavy atom. The van der Waals surface area contributed by atoms with Crippen molar-refractivity contribution >= 4 is 40.3 Å². The van der Waals surface area contributed by atoms with E-state index >= 15 is 0 Å². The second kappa shape index (κ2) is 8.65. The molecule has 2 aliphatic heterocycles. The van der Waals surface area contributed by atoms with Crippen molar-refractivity contribution in [3.63, 3.8) is 0 Å². The van der Waals surface area contributed by atoms with Gasteiger partial charge in [0, 0.05) is 11.9 Å². The van der Waals surface area contributed by atoms with Gasteiger partial charge >= 0.3 is 0 Å². The largest absolute Gasteiger partial charge is 0.337 e.